The Hall–Kier alpha value is -1.75. The number of aryl methyl sites for hydroxylation is 2. The maximum Gasteiger partial charge on any atom is 0.176 e. The molecule has 3 rings (SSSR count). The van der Waals surface area contributed by atoms with Gasteiger partial charge in [0.15, 0.2) is 5.82 Å². The number of hydrogen-bond donors (Lipinski definition) is 1. The standard InChI is InChI=1S/C14H19N5/c1-10-5-6-11(2)13(8-10)19-17-14(16-18-19)9-12-4-3-7-15-12/h5-6,8,12,15H,3-4,7,9H2,1-2H3. The van der Waals surface area contributed by atoms with E-state index in [1.54, 1.807) is 4.80 Å². The zero-order valence-electron chi connectivity index (χ0n) is 11.4. The molecule has 1 saturated heterocycles. The van der Waals surface area contributed by atoms with Gasteiger partial charge in [-0.2, -0.15) is 0 Å². The molecule has 5 heteroatoms. The van der Waals surface area contributed by atoms with Gasteiger partial charge in [-0.15, -0.1) is 15.0 Å². The normalized spacial score (nSPS) is 18.9. The van der Waals surface area contributed by atoms with E-state index < -0.39 is 0 Å². The molecule has 1 aliphatic rings. The first-order chi connectivity index (χ1) is 9.22. The van der Waals surface area contributed by atoms with Gasteiger partial charge in [-0.05, 0) is 55.6 Å². The van der Waals surface area contributed by atoms with Crippen LogP contribution in [-0.2, 0) is 6.42 Å². The Morgan fingerprint density at radius 2 is 2.26 bits per heavy atom. The first-order valence-electron chi connectivity index (χ1n) is 6.82. The average molecular weight is 257 g/mol. The lowest BCUT2D eigenvalue weighted by molar-refractivity contribution is 0.584. The number of aromatic nitrogens is 4. The Bertz CT molecular complexity index is 569. The molecule has 1 unspecified atom stereocenters. The number of nitrogens with zero attached hydrogens (tertiary/aromatic N) is 4. The van der Waals surface area contributed by atoms with Crippen molar-refractivity contribution in [2.24, 2.45) is 0 Å². The largest absolute Gasteiger partial charge is 0.314 e. The van der Waals surface area contributed by atoms with Crippen molar-refractivity contribution in [3.05, 3.63) is 35.2 Å². The number of nitrogens with one attached hydrogen (secondary N) is 1. The van der Waals surface area contributed by atoms with Crippen LogP contribution >= 0.6 is 0 Å². The predicted octanol–water partition coefficient (Wildman–Crippen LogP) is 1.57. The summed E-state index contributed by atoms with van der Waals surface area (Å²) in [5.74, 6) is 0.820. The molecule has 100 valence electrons. The van der Waals surface area contributed by atoms with Gasteiger partial charge in [0.1, 0.15) is 0 Å². The summed E-state index contributed by atoms with van der Waals surface area (Å²) in [6.07, 6.45) is 3.32. The molecule has 2 aromatic rings. The summed E-state index contributed by atoms with van der Waals surface area (Å²) in [6, 6.07) is 6.79. The van der Waals surface area contributed by atoms with Crippen LogP contribution in [0.15, 0.2) is 18.2 Å². The lowest BCUT2D eigenvalue weighted by Gasteiger charge is -2.06. The van der Waals surface area contributed by atoms with E-state index in [1.165, 1.54) is 18.4 Å². The Balaban J connectivity index is 1.82. The molecule has 0 bridgehead atoms. The third kappa shape index (κ3) is 2.66. The molecule has 1 aromatic heterocycles. The molecule has 5 nitrogen and oxygen atoms in total. The molecular weight excluding hydrogens is 238 g/mol. The van der Waals surface area contributed by atoms with Crippen molar-refractivity contribution in [1.82, 2.24) is 25.5 Å². The Morgan fingerprint density at radius 3 is 3.05 bits per heavy atom. The highest BCUT2D eigenvalue weighted by molar-refractivity contribution is 5.41. The van der Waals surface area contributed by atoms with Crippen LogP contribution in [0.3, 0.4) is 0 Å². The van der Waals surface area contributed by atoms with Crippen LogP contribution in [0.5, 0.6) is 0 Å². The highest BCUT2D eigenvalue weighted by Crippen LogP contribution is 2.14. The van der Waals surface area contributed by atoms with Gasteiger partial charge in [0.05, 0.1) is 5.69 Å². The first-order valence-corrected chi connectivity index (χ1v) is 6.82. The van der Waals surface area contributed by atoms with Gasteiger partial charge in [0.2, 0.25) is 0 Å². The summed E-state index contributed by atoms with van der Waals surface area (Å²) < 4.78 is 0. The van der Waals surface area contributed by atoms with Crippen LogP contribution in [-0.4, -0.2) is 32.8 Å². The summed E-state index contributed by atoms with van der Waals surface area (Å²) >= 11 is 0. The number of benzene rings is 1. The van der Waals surface area contributed by atoms with Crippen molar-refractivity contribution in [3.63, 3.8) is 0 Å². The van der Waals surface area contributed by atoms with Crippen molar-refractivity contribution >= 4 is 0 Å². The second kappa shape index (κ2) is 5.09. The van der Waals surface area contributed by atoms with Gasteiger partial charge < -0.3 is 5.32 Å². The maximum atomic E-state index is 4.50. The van der Waals surface area contributed by atoms with E-state index in [4.69, 9.17) is 0 Å². The van der Waals surface area contributed by atoms with E-state index in [2.05, 4.69) is 52.8 Å². The summed E-state index contributed by atoms with van der Waals surface area (Å²) in [5.41, 5.74) is 3.38. The highest BCUT2D eigenvalue weighted by atomic mass is 15.6. The molecule has 1 fully saturated rings. The third-order valence-corrected chi connectivity index (χ3v) is 3.63. The first kappa shape index (κ1) is 12.3. The summed E-state index contributed by atoms with van der Waals surface area (Å²) in [4.78, 5) is 1.65. The van der Waals surface area contributed by atoms with Crippen LogP contribution in [0, 0.1) is 13.8 Å². The third-order valence-electron chi connectivity index (χ3n) is 3.63. The monoisotopic (exact) mass is 257 g/mol. The van der Waals surface area contributed by atoms with Crippen LogP contribution in [0.4, 0.5) is 0 Å². The lowest BCUT2D eigenvalue weighted by atomic mass is 10.1. The van der Waals surface area contributed by atoms with Crippen molar-refractivity contribution in [3.8, 4) is 5.69 Å². The minimum Gasteiger partial charge on any atom is -0.314 e. The molecule has 19 heavy (non-hydrogen) atoms. The van der Waals surface area contributed by atoms with Crippen LogP contribution in [0.25, 0.3) is 5.69 Å². The molecule has 0 saturated carbocycles. The SMILES string of the molecule is Cc1ccc(C)c(-n2nnc(CC3CCCN3)n2)c1. The lowest BCUT2D eigenvalue weighted by Crippen LogP contribution is -2.24. The zero-order valence-corrected chi connectivity index (χ0v) is 11.4. The van der Waals surface area contributed by atoms with Crippen molar-refractivity contribution in [2.75, 3.05) is 6.54 Å². The van der Waals surface area contributed by atoms with E-state index in [0.717, 1.165) is 30.0 Å². The van der Waals surface area contributed by atoms with E-state index in [9.17, 15) is 0 Å². The Labute approximate surface area is 113 Å². The van der Waals surface area contributed by atoms with E-state index in [-0.39, 0.29) is 0 Å². The summed E-state index contributed by atoms with van der Waals surface area (Å²) in [6.45, 7) is 5.25. The molecule has 0 aliphatic carbocycles. The van der Waals surface area contributed by atoms with Crippen LogP contribution < -0.4 is 5.32 Å². The van der Waals surface area contributed by atoms with E-state index in [1.807, 2.05) is 0 Å². The average Bonchev–Trinajstić information content (AvgIpc) is 3.04. The zero-order chi connectivity index (χ0) is 13.2. The Morgan fingerprint density at radius 1 is 1.37 bits per heavy atom. The minimum absolute atomic E-state index is 0.510. The molecule has 0 amide bonds. The number of hydrogen-bond acceptors (Lipinski definition) is 4. The smallest absolute Gasteiger partial charge is 0.176 e. The molecule has 1 aliphatic heterocycles. The molecule has 2 heterocycles. The molecular formula is C14H19N5. The summed E-state index contributed by atoms with van der Waals surface area (Å²) in [5, 5.41) is 16.3. The quantitative estimate of drug-likeness (QED) is 0.907. The number of tetrazole rings is 1. The molecule has 1 atom stereocenters. The van der Waals surface area contributed by atoms with Gasteiger partial charge in [0, 0.05) is 12.5 Å². The fourth-order valence-corrected chi connectivity index (χ4v) is 2.51. The fraction of sp³-hybridized carbons (Fsp3) is 0.500. The molecule has 0 radical (unpaired) electrons. The molecule has 1 N–H and O–H groups in total. The van der Waals surface area contributed by atoms with Gasteiger partial charge in [-0.1, -0.05) is 12.1 Å². The highest BCUT2D eigenvalue weighted by Gasteiger charge is 2.17. The second-order valence-corrected chi connectivity index (χ2v) is 5.28. The summed E-state index contributed by atoms with van der Waals surface area (Å²) in [7, 11) is 0. The van der Waals surface area contributed by atoms with Crippen molar-refractivity contribution in [1.29, 1.82) is 0 Å². The van der Waals surface area contributed by atoms with Gasteiger partial charge in [-0.25, -0.2) is 0 Å². The van der Waals surface area contributed by atoms with E-state index in [0.29, 0.717) is 6.04 Å². The van der Waals surface area contributed by atoms with Gasteiger partial charge in [-0.3, -0.25) is 0 Å². The van der Waals surface area contributed by atoms with Gasteiger partial charge in [0.25, 0.3) is 0 Å². The second-order valence-electron chi connectivity index (χ2n) is 5.28. The van der Waals surface area contributed by atoms with Crippen LogP contribution in [0.2, 0.25) is 0 Å². The van der Waals surface area contributed by atoms with E-state index >= 15 is 0 Å². The Kier molecular flexibility index (Phi) is 3.29. The molecule has 1 aromatic carbocycles. The number of rotatable bonds is 3. The fourth-order valence-electron chi connectivity index (χ4n) is 2.51. The van der Waals surface area contributed by atoms with Crippen LogP contribution in [0.1, 0.15) is 29.8 Å². The predicted molar refractivity (Wildman–Crippen MR) is 73.4 cm³/mol. The van der Waals surface area contributed by atoms with Gasteiger partial charge >= 0.3 is 0 Å². The van der Waals surface area contributed by atoms with Crippen molar-refractivity contribution < 1.29 is 0 Å². The molecule has 0 spiro atoms. The van der Waals surface area contributed by atoms with Crippen molar-refractivity contribution in [2.45, 2.75) is 39.2 Å². The topological polar surface area (TPSA) is 55.6 Å². The maximum absolute atomic E-state index is 4.50. The minimum atomic E-state index is 0.510.